The van der Waals surface area contributed by atoms with Gasteiger partial charge in [0.15, 0.2) is 0 Å². The van der Waals surface area contributed by atoms with E-state index in [2.05, 4.69) is 15.6 Å². The fraction of sp³-hybridized carbons (Fsp3) is 0.273. The quantitative estimate of drug-likeness (QED) is 0.662. The lowest BCUT2D eigenvalue weighted by atomic mass is 10.2. The number of hydrogen-bond donors (Lipinski definition) is 3. The summed E-state index contributed by atoms with van der Waals surface area (Å²) in [4.78, 5) is 36.6. The van der Waals surface area contributed by atoms with Gasteiger partial charge >= 0.3 is 5.97 Å². The van der Waals surface area contributed by atoms with Gasteiger partial charge in [-0.3, -0.25) is 9.59 Å². The Morgan fingerprint density at radius 1 is 1.33 bits per heavy atom. The Bertz CT molecular complexity index is 456. The summed E-state index contributed by atoms with van der Waals surface area (Å²) >= 11 is 0. The Kier molecular flexibility index (Phi) is 4.79. The van der Waals surface area contributed by atoms with E-state index < -0.39 is 11.9 Å². The second-order valence-electron chi connectivity index (χ2n) is 3.42. The van der Waals surface area contributed by atoms with Crippen molar-refractivity contribution >= 4 is 17.8 Å². The van der Waals surface area contributed by atoms with Gasteiger partial charge in [0.1, 0.15) is 5.69 Å². The Labute approximate surface area is 103 Å². The number of aromatic carboxylic acids is 1. The highest BCUT2D eigenvalue weighted by molar-refractivity contribution is 5.95. The second kappa shape index (κ2) is 6.33. The van der Waals surface area contributed by atoms with E-state index in [9.17, 15) is 14.4 Å². The molecule has 0 aliphatic heterocycles. The molecule has 0 saturated heterocycles. The van der Waals surface area contributed by atoms with Crippen LogP contribution >= 0.6 is 0 Å². The molecule has 0 unspecified atom stereocenters. The van der Waals surface area contributed by atoms with Gasteiger partial charge in [-0.2, -0.15) is 0 Å². The lowest BCUT2D eigenvalue weighted by Gasteiger charge is -2.04. The van der Waals surface area contributed by atoms with E-state index in [1.165, 1.54) is 25.4 Å². The van der Waals surface area contributed by atoms with E-state index >= 15 is 0 Å². The van der Waals surface area contributed by atoms with Crippen LogP contribution < -0.4 is 10.6 Å². The van der Waals surface area contributed by atoms with Gasteiger partial charge in [0.05, 0.1) is 5.56 Å². The molecule has 1 heterocycles. The van der Waals surface area contributed by atoms with E-state index in [0.717, 1.165) is 0 Å². The summed E-state index contributed by atoms with van der Waals surface area (Å²) in [7, 11) is 1.51. The van der Waals surface area contributed by atoms with Crippen LogP contribution in [0, 0.1) is 0 Å². The van der Waals surface area contributed by atoms with E-state index in [1.807, 2.05) is 0 Å². The number of carbonyl (C=O) groups excluding carboxylic acids is 2. The lowest BCUT2D eigenvalue weighted by molar-refractivity contribution is -0.120. The summed E-state index contributed by atoms with van der Waals surface area (Å²) in [6.45, 7) is 0.208. The molecule has 1 aromatic rings. The Morgan fingerprint density at radius 3 is 2.56 bits per heavy atom. The number of amides is 2. The number of carboxylic acids is 1. The van der Waals surface area contributed by atoms with Gasteiger partial charge in [0.25, 0.3) is 5.91 Å². The molecule has 1 rings (SSSR count). The first kappa shape index (κ1) is 13.6. The van der Waals surface area contributed by atoms with Crippen LogP contribution in [0.1, 0.15) is 27.3 Å². The Hall–Kier alpha value is -2.44. The van der Waals surface area contributed by atoms with Gasteiger partial charge in [-0.05, 0) is 12.1 Å². The predicted octanol–water partition coefficient (Wildman–Crippen LogP) is -0.354. The van der Waals surface area contributed by atoms with Crippen LogP contribution in [0.15, 0.2) is 18.3 Å². The summed E-state index contributed by atoms with van der Waals surface area (Å²) in [5, 5.41) is 13.6. The maximum absolute atomic E-state index is 11.6. The molecule has 7 heteroatoms. The molecule has 0 saturated carbocycles. The zero-order valence-corrected chi connectivity index (χ0v) is 9.77. The average molecular weight is 251 g/mol. The third-order valence-electron chi connectivity index (χ3n) is 2.16. The number of rotatable bonds is 5. The maximum Gasteiger partial charge on any atom is 0.354 e. The van der Waals surface area contributed by atoms with E-state index in [-0.39, 0.29) is 30.1 Å². The average Bonchev–Trinajstić information content (AvgIpc) is 2.38. The number of aromatic nitrogens is 1. The van der Waals surface area contributed by atoms with Crippen molar-refractivity contribution in [3.8, 4) is 0 Å². The summed E-state index contributed by atoms with van der Waals surface area (Å²) in [6, 6.07) is 2.61. The number of carboxylic acid groups (broad SMARTS) is 1. The monoisotopic (exact) mass is 251 g/mol. The largest absolute Gasteiger partial charge is 0.477 e. The molecule has 0 aliphatic carbocycles. The lowest BCUT2D eigenvalue weighted by Crippen LogP contribution is -2.29. The number of nitrogens with zero attached hydrogens (tertiary/aromatic N) is 1. The SMILES string of the molecule is CNC(=O)CCNC(=O)c1ccc(C(=O)O)nc1. The second-order valence-corrected chi connectivity index (χ2v) is 3.42. The first-order valence-electron chi connectivity index (χ1n) is 5.22. The van der Waals surface area contributed by atoms with Gasteiger partial charge in [-0.1, -0.05) is 0 Å². The Balaban J connectivity index is 2.51. The van der Waals surface area contributed by atoms with Crippen LogP contribution in [0.2, 0.25) is 0 Å². The molecule has 0 radical (unpaired) electrons. The van der Waals surface area contributed by atoms with Crippen molar-refractivity contribution < 1.29 is 19.5 Å². The summed E-state index contributed by atoms with van der Waals surface area (Å²) in [5.41, 5.74) is 0.119. The molecule has 96 valence electrons. The molecule has 0 fully saturated rings. The van der Waals surface area contributed by atoms with E-state index in [1.54, 1.807) is 0 Å². The van der Waals surface area contributed by atoms with Gasteiger partial charge in [0, 0.05) is 26.2 Å². The minimum Gasteiger partial charge on any atom is -0.477 e. The number of pyridine rings is 1. The van der Waals surface area contributed by atoms with Gasteiger partial charge in [-0.25, -0.2) is 9.78 Å². The molecule has 0 bridgehead atoms. The molecule has 0 aromatic carbocycles. The van der Waals surface area contributed by atoms with E-state index in [4.69, 9.17) is 5.11 Å². The maximum atomic E-state index is 11.6. The fourth-order valence-corrected chi connectivity index (χ4v) is 1.17. The number of hydrogen-bond acceptors (Lipinski definition) is 4. The summed E-state index contributed by atoms with van der Waals surface area (Å²) < 4.78 is 0. The van der Waals surface area contributed by atoms with Crippen molar-refractivity contribution in [3.63, 3.8) is 0 Å². The smallest absolute Gasteiger partial charge is 0.354 e. The van der Waals surface area contributed by atoms with Crippen LogP contribution in [-0.4, -0.2) is 41.5 Å². The topological polar surface area (TPSA) is 108 Å². The zero-order valence-electron chi connectivity index (χ0n) is 9.77. The minimum atomic E-state index is -1.15. The first-order chi connectivity index (χ1) is 8.54. The molecular formula is C11H13N3O4. The third-order valence-corrected chi connectivity index (χ3v) is 2.16. The first-order valence-corrected chi connectivity index (χ1v) is 5.22. The minimum absolute atomic E-state index is 0.128. The van der Waals surface area contributed by atoms with E-state index in [0.29, 0.717) is 0 Å². The fourth-order valence-electron chi connectivity index (χ4n) is 1.17. The molecule has 7 nitrogen and oxygen atoms in total. The molecule has 1 aromatic heterocycles. The Morgan fingerprint density at radius 2 is 2.06 bits per heavy atom. The van der Waals surface area contributed by atoms with Crippen molar-refractivity contribution in [1.29, 1.82) is 0 Å². The molecule has 18 heavy (non-hydrogen) atoms. The molecule has 2 amide bonds. The predicted molar refractivity (Wildman–Crippen MR) is 62.2 cm³/mol. The van der Waals surface area contributed by atoms with Crippen LogP contribution in [0.25, 0.3) is 0 Å². The van der Waals surface area contributed by atoms with Gasteiger partial charge in [0.2, 0.25) is 5.91 Å². The van der Waals surface area contributed by atoms with Crippen LogP contribution in [-0.2, 0) is 4.79 Å². The van der Waals surface area contributed by atoms with Crippen LogP contribution in [0.3, 0.4) is 0 Å². The third kappa shape index (κ3) is 3.85. The standard InChI is InChI=1S/C11H13N3O4/c1-12-9(15)4-5-13-10(16)7-2-3-8(11(17)18)14-6-7/h2-3,6H,4-5H2,1H3,(H,12,15)(H,13,16)(H,17,18). The van der Waals surface area contributed by atoms with Crippen LogP contribution in [0.4, 0.5) is 0 Å². The molecular weight excluding hydrogens is 238 g/mol. The van der Waals surface area contributed by atoms with Crippen molar-refractivity contribution in [2.24, 2.45) is 0 Å². The van der Waals surface area contributed by atoms with Gasteiger partial charge in [-0.15, -0.1) is 0 Å². The highest BCUT2D eigenvalue weighted by atomic mass is 16.4. The molecule has 0 aliphatic rings. The molecule has 3 N–H and O–H groups in total. The highest BCUT2D eigenvalue weighted by Gasteiger charge is 2.09. The van der Waals surface area contributed by atoms with Gasteiger partial charge < -0.3 is 15.7 Å². The number of nitrogens with one attached hydrogen (secondary N) is 2. The number of carbonyl (C=O) groups is 3. The van der Waals surface area contributed by atoms with Crippen LogP contribution in [0.5, 0.6) is 0 Å². The van der Waals surface area contributed by atoms with Crippen molar-refractivity contribution in [3.05, 3.63) is 29.6 Å². The zero-order chi connectivity index (χ0) is 13.5. The summed E-state index contributed by atoms with van der Waals surface area (Å²) in [5.74, 6) is -1.72. The van der Waals surface area contributed by atoms with Crippen molar-refractivity contribution in [1.82, 2.24) is 15.6 Å². The highest BCUT2D eigenvalue weighted by Crippen LogP contribution is 2.00. The molecule has 0 atom stereocenters. The summed E-state index contributed by atoms with van der Waals surface area (Å²) in [6.07, 6.45) is 1.36. The van der Waals surface area contributed by atoms with Crippen molar-refractivity contribution in [2.75, 3.05) is 13.6 Å². The molecule has 0 spiro atoms. The van der Waals surface area contributed by atoms with Crippen molar-refractivity contribution in [2.45, 2.75) is 6.42 Å². The normalized spacial score (nSPS) is 9.61.